The maximum Gasteiger partial charge on any atom is 0.238 e. The Hall–Kier alpha value is -4.03. The summed E-state index contributed by atoms with van der Waals surface area (Å²) in [4.78, 5) is 14.6. The Bertz CT molecular complexity index is 1340. The van der Waals surface area contributed by atoms with Crippen LogP contribution in [0.2, 0.25) is 0 Å². The van der Waals surface area contributed by atoms with E-state index < -0.39 is 0 Å². The third-order valence-corrected chi connectivity index (χ3v) is 6.29. The summed E-state index contributed by atoms with van der Waals surface area (Å²) in [5.74, 6) is 1.57. The van der Waals surface area contributed by atoms with Crippen LogP contribution in [0.1, 0.15) is 19.3 Å². The molecule has 0 bridgehead atoms. The number of hydrogen-bond donors (Lipinski definition) is 3. The van der Waals surface area contributed by atoms with Gasteiger partial charge in [0.25, 0.3) is 0 Å². The highest BCUT2D eigenvalue weighted by Crippen LogP contribution is 2.41. The SMILES string of the molecule is O=C(CN1CCCCC1)Nc1ccc(Oc2c(-c3cccc(O)c3)ccc3cc(O)ccc23)cc1. The fourth-order valence-corrected chi connectivity index (χ4v) is 4.54. The molecule has 3 N–H and O–H groups in total. The number of rotatable bonds is 6. The number of nitrogens with zero attached hydrogens (tertiary/aromatic N) is 1. The van der Waals surface area contributed by atoms with Gasteiger partial charge >= 0.3 is 0 Å². The number of nitrogens with one attached hydrogen (secondary N) is 1. The number of piperidine rings is 1. The summed E-state index contributed by atoms with van der Waals surface area (Å²) < 4.78 is 6.35. The molecule has 6 heteroatoms. The lowest BCUT2D eigenvalue weighted by atomic mass is 9.99. The number of ether oxygens (including phenoxy) is 1. The first-order chi connectivity index (χ1) is 17.0. The van der Waals surface area contributed by atoms with Gasteiger partial charge in [-0.3, -0.25) is 9.69 Å². The van der Waals surface area contributed by atoms with Crippen LogP contribution < -0.4 is 10.1 Å². The molecule has 1 aliphatic rings. The minimum absolute atomic E-state index is 0.0133. The monoisotopic (exact) mass is 468 g/mol. The van der Waals surface area contributed by atoms with Crippen LogP contribution in [0.3, 0.4) is 0 Å². The first-order valence-corrected chi connectivity index (χ1v) is 11.9. The van der Waals surface area contributed by atoms with E-state index >= 15 is 0 Å². The fourth-order valence-electron chi connectivity index (χ4n) is 4.54. The molecule has 4 aromatic carbocycles. The summed E-state index contributed by atoms with van der Waals surface area (Å²) in [7, 11) is 0. The van der Waals surface area contributed by atoms with Crippen LogP contribution in [0.4, 0.5) is 5.69 Å². The van der Waals surface area contributed by atoms with Crippen LogP contribution in [-0.4, -0.2) is 40.7 Å². The lowest BCUT2D eigenvalue weighted by molar-refractivity contribution is -0.117. The van der Waals surface area contributed by atoms with Crippen LogP contribution in [-0.2, 0) is 4.79 Å². The van der Waals surface area contributed by atoms with Crippen LogP contribution in [0.15, 0.2) is 78.9 Å². The summed E-state index contributed by atoms with van der Waals surface area (Å²) >= 11 is 0. The van der Waals surface area contributed by atoms with E-state index in [1.54, 1.807) is 30.3 Å². The maximum atomic E-state index is 12.4. The Morgan fingerprint density at radius 1 is 0.857 bits per heavy atom. The fraction of sp³-hybridized carbons (Fsp3) is 0.207. The van der Waals surface area contributed by atoms with E-state index in [1.165, 1.54) is 6.42 Å². The van der Waals surface area contributed by atoms with Crippen molar-refractivity contribution in [3.63, 3.8) is 0 Å². The molecule has 0 atom stereocenters. The van der Waals surface area contributed by atoms with Gasteiger partial charge < -0.3 is 20.3 Å². The molecule has 178 valence electrons. The summed E-state index contributed by atoms with van der Waals surface area (Å²) in [6, 6.07) is 23.3. The smallest absolute Gasteiger partial charge is 0.238 e. The van der Waals surface area contributed by atoms with E-state index in [9.17, 15) is 15.0 Å². The van der Waals surface area contributed by atoms with Crippen LogP contribution in [0.5, 0.6) is 23.0 Å². The summed E-state index contributed by atoms with van der Waals surface area (Å²) in [5, 5.41) is 24.6. The molecule has 1 aliphatic heterocycles. The van der Waals surface area contributed by atoms with E-state index in [1.807, 2.05) is 48.5 Å². The second-order valence-electron chi connectivity index (χ2n) is 8.91. The van der Waals surface area contributed by atoms with E-state index in [2.05, 4.69) is 10.2 Å². The van der Waals surface area contributed by atoms with Gasteiger partial charge in [-0.25, -0.2) is 0 Å². The molecule has 1 saturated heterocycles. The first-order valence-electron chi connectivity index (χ1n) is 11.9. The highest BCUT2D eigenvalue weighted by molar-refractivity contribution is 5.96. The van der Waals surface area contributed by atoms with E-state index in [0.717, 1.165) is 53.5 Å². The molecule has 6 nitrogen and oxygen atoms in total. The molecular weight excluding hydrogens is 440 g/mol. The quantitative estimate of drug-likeness (QED) is 0.317. The summed E-state index contributed by atoms with van der Waals surface area (Å²) in [6.45, 7) is 2.36. The van der Waals surface area contributed by atoms with Gasteiger partial charge in [0.05, 0.1) is 6.54 Å². The molecule has 0 radical (unpaired) electrons. The molecule has 1 amide bonds. The minimum Gasteiger partial charge on any atom is -0.508 e. The highest BCUT2D eigenvalue weighted by Gasteiger charge is 2.15. The maximum absolute atomic E-state index is 12.4. The number of amides is 1. The number of aromatic hydroxyl groups is 2. The van der Waals surface area contributed by atoms with Crippen molar-refractivity contribution in [2.45, 2.75) is 19.3 Å². The molecule has 0 unspecified atom stereocenters. The molecule has 5 rings (SSSR count). The third kappa shape index (κ3) is 5.39. The van der Waals surface area contributed by atoms with Crippen LogP contribution in [0.25, 0.3) is 21.9 Å². The zero-order valence-electron chi connectivity index (χ0n) is 19.4. The number of phenolic OH excluding ortho intramolecular Hbond substituents is 2. The largest absolute Gasteiger partial charge is 0.508 e. The number of benzene rings is 4. The molecule has 1 fully saturated rings. The van der Waals surface area contributed by atoms with Gasteiger partial charge in [-0.2, -0.15) is 0 Å². The highest BCUT2D eigenvalue weighted by atomic mass is 16.5. The Kier molecular flexibility index (Phi) is 6.55. The van der Waals surface area contributed by atoms with E-state index in [0.29, 0.717) is 18.0 Å². The average molecular weight is 469 g/mol. The standard InChI is InChI=1S/C29H28N2O4/c32-23-6-4-5-20(17-23)26-13-7-21-18-24(33)10-14-27(21)29(26)35-25-11-8-22(9-12-25)30-28(34)19-31-15-2-1-3-16-31/h4-14,17-18,32-33H,1-3,15-16,19H2,(H,30,34). The first kappa shape index (κ1) is 22.7. The number of phenols is 2. The second-order valence-corrected chi connectivity index (χ2v) is 8.91. The van der Waals surface area contributed by atoms with E-state index in [4.69, 9.17) is 4.74 Å². The van der Waals surface area contributed by atoms with Gasteiger partial charge in [-0.15, -0.1) is 0 Å². The molecule has 1 heterocycles. The molecule has 0 saturated carbocycles. The van der Waals surface area contributed by atoms with Crippen molar-refractivity contribution in [3.8, 4) is 34.1 Å². The second kappa shape index (κ2) is 10.1. The predicted molar refractivity (Wildman–Crippen MR) is 138 cm³/mol. The number of hydrogen-bond acceptors (Lipinski definition) is 5. The van der Waals surface area contributed by atoms with Gasteiger partial charge in [0.1, 0.15) is 23.0 Å². The average Bonchev–Trinajstić information content (AvgIpc) is 2.86. The number of fused-ring (bicyclic) bond motifs is 1. The van der Waals surface area contributed by atoms with Crippen LogP contribution in [0, 0.1) is 0 Å². The van der Waals surface area contributed by atoms with E-state index in [-0.39, 0.29) is 17.4 Å². The Labute approximate surface area is 204 Å². The number of carbonyl (C=O) groups excluding carboxylic acids is 1. The zero-order chi connectivity index (χ0) is 24.2. The van der Waals surface area contributed by atoms with Crippen molar-refractivity contribution < 1.29 is 19.7 Å². The molecule has 35 heavy (non-hydrogen) atoms. The van der Waals surface area contributed by atoms with Gasteiger partial charge in [-0.1, -0.05) is 24.6 Å². The van der Waals surface area contributed by atoms with Crippen molar-refractivity contribution in [1.82, 2.24) is 4.90 Å². The van der Waals surface area contributed by atoms with Gasteiger partial charge in [-0.05, 0) is 97.5 Å². The molecule has 0 aromatic heterocycles. The Morgan fingerprint density at radius 2 is 1.63 bits per heavy atom. The van der Waals surface area contributed by atoms with Crippen molar-refractivity contribution >= 4 is 22.4 Å². The predicted octanol–water partition coefficient (Wildman–Crippen LogP) is 6.13. The van der Waals surface area contributed by atoms with Crippen molar-refractivity contribution in [2.24, 2.45) is 0 Å². The van der Waals surface area contributed by atoms with Crippen molar-refractivity contribution in [1.29, 1.82) is 0 Å². The van der Waals surface area contributed by atoms with Gasteiger partial charge in [0.15, 0.2) is 0 Å². The van der Waals surface area contributed by atoms with Gasteiger partial charge in [0.2, 0.25) is 5.91 Å². The third-order valence-electron chi connectivity index (χ3n) is 6.29. The molecular formula is C29H28N2O4. The minimum atomic E-state index is -0.0133. The Morgan fingerprint density at radius 3 is 2.40 bits per heavy atom. The van der Waals surface area contributed by atoms with Crippen molar-refractivity contribution in [2.75, 3.05) is 25.0 Å². The lowest BCUT2D eigenvalue weighted by Gasteiger charge is -2.25. The van der Waals surface area contributed by atoms with Crippen molar-refractivity contribution in [3.05, 3.63) is 78.9 Å². The lowest BCUT2D eigenvalue weighted by Crippen LogP contribution is -2.36. The zero-order valence-corrected chi connectivity index (χ0v) is 19.4. The topological polar surface area (TPSA) is 82.0 Å². The number of carbonyl (C=O) groups is 1. The van der Waals surface area contributed by atoms with Crippen LogP contribution >= 0.6 is 0 Å². The summed E-state index contributed by atoms with van der Waals surface area (Å²) in [5.41, 5.74) is 2.35. The Balaban J connectivity index is 1.39. The normalized spacial score (nSPS) is 14.1. The number of likely N-dealkylation sites (tertiary alicyclic amines) is 1. The molecule has 4 aromatic rings. The molecule has 0 aliphatic carbocycles. The molecule has 0 spiro atoms. The summed E-state index contributed by atoms with van der Waals surface area (Å²) in [6.07, 6.45) is 3.54. The van der Waals surface area contributed by atoms with Gasteiger partial charge in [0, 0.05) is 16.6 Å². The number of anilines is 1.